The summed E-state index contributed by atoms with van der Waals surface area (Å²) in [6.07, 6.45) is 5.75. The van der Waals surface area contributed by atoms with Crippen LogP contribution in [0, 0.1) is 0 Å². The Bertz CT molecular complexity index is 1060. The number of carbonyl (C=O) groups excluding carboxylic acids is 1. The minimum absolute atomic E-state index is 0.0457. The average molecular weight is 426 g/mol. The van der Waals surface area contributed by atoms with Gasteiger partial charge in [0, 0.05) is 41.5 Å². The summed E-state index contributed by atoms with van der Waals surface area (Å²) < 4.78 is 7.37. The number of nitrogens with one attached hydrogen (secondary N) is 3. The van der Waals surface area contributed by atoms with Crippen LogP contribution in [0.15, 0.2) is 24.5 Å². The smallest absolute Gasteiger partial charge is 0.407 e. The predicted octanol–water partition coefficient (Wildman–Crippen LogP) is 4.26. The third-order valence-electron chi connectivity index (χ3n) is 5.51. The molecule has 2 unspecified atom stereocenters. The second-order valence-electron chi connectivity index (χ2n) is 9.56. The molecule has 2 atom stereocenters. The van der Waals surface area contributed by atoms with Crippen molar-refractivity contribution in [3.63, 3.8) is 0 Å². The summed E-state index contributed by atoms with van der Waals surface area (Å²) >= 11 is 0. The zero-order chi connectivity index (χ0) is 22.2. The summed E-state index contributed by atoms with van der Waals surface area (Å²) in [7, 11) is 0. The number of amides is 1. The lowest BCUT2D eigenvalue weighted by Crippen LogP contribution is -2.33. The second kappa shape index (κ2) is 8.20. The van der Waals surface area contributed by atoms with E-state index in [-0.39, 0.29) is 29.6 Å². The summed E-state index contributed by atoms with van der Waals surface area (Å²) in [4.78, 5) is 16.3. The first-order chi connectivity index (χ1) is 14.7. The molecule has 31 heavy (non-hydrogen) atoms. The van der Waals surface area contributed by atoms with Gasteiger partial charge >= 0.3 is 6.09 Å². The molecule has 1 aliphatic rings. The van der Waals surface area contributed by atoms with Crippen LogP contribution < -0.4 is 10.6 Å². The number of ether oxygens (including phenoxy) is 1. The van der Waals surface area contributed by atoms with Gasteiger partial charge in [-0.15, -0.1) is 0 Å². The number of H-pyrrole nitrogens is 1. The van der Waals surface area contributed by atoms with Gasteiger partial charge in [-0.3, -0.25) is 5.10 Å². The average Bonchev–Trinajstić information content (AvgIpc) is 3.39. The lowest BCUT2D eigenvalue weighted by atomic mass is 9.92. The number of fused-ring (bicyclic) bond motifs is 1. The molecule has 3 N–H and O–H groups in total. The molecule has 1 fully saturated rings. The highest BCUT2D eigenvalue weighted by Gasteiger charge is 2.30. The summed E-state index contributed by atoms with van der Waals surface area (Å²) in [5, 5.41) is 18.3. The van der Waals surface area contributed by atoms with Crippen molar-refractivity contribution in [1.29, 1.82) is 0 Å². The quantitative estimate of drug-likeness (QED) is 0.563. The van der Waals surface area contributed by atoms with Crippen molar-refractivity contribution in [2.75, 3.05) is 5.32 Å². The molecule has 0 saturated heterocycles. The molecular weight excluding hydrogens is 394 g/mol. The third kappa shape index (κ3) is 4.81. The Morgan fingerprint density at radius 3 is 2.84 bits per heavy atom. The molecule has 3 aromatic heterocycles. The van der Waals surface area contributed by atoms with Crippen LogP contribution >= 0.6 is 0 Å². The van der Waals surface area contributed by atoms with Crippen molar-refractivity contribution >= 4 is 23.2 Å². The maximum absolute atomic E-state index is 11.9. The van der Waals surface area contributed by atoms with Gasteiger partial charge in [0.2, 0.25) is 0 Å². The number of anilines is 2. The van der Waals surface area contributed by atoms with E-state index in [1.165, 1.54) is 0 Å². The molecule has 3 heterocycles. The minimum atomic E-state index is -0.345. The van der Waals surface area contributed by atoms with E-state index in [4.69, 9.17) is 4.74 Å². The highest BCUT2D eigenvalue weighted by molar-refractivity contribution is 5.72. The van der Waals surface area contributed by atoms with E-state index in [0.29, 0.717) is 11.6 Å². The van der Waals surface area contributed by atoms with Crippen molar-refractivity contribution < 1.29 is 9.53 Å². The molecule has 3 aromatic rings. The van der Waals surface area contributed by atoms with E-state index in [0.717, 1.165) is 36.2 Å². The molecular formula is C22H31N7O2. The maximum Gasteiger partial charge on any atom is 0.407 e. The Balaban J connectivity index is 1.43. The monoisotopic (exact) mass is 425 g/mol. The summed E-state index contributed by atoms with van der Waals surface area (Å²) in [5.41, 5.74) is 2.90. The van der Waals surface area contributed by atoms with Gasteiger partial charge in [-0.05, 0) is 39.2 Å². The van der Waals surface area contributed by atoms with E-state index in [1.807, 2.05) is 30.6 Å². The number of aromatic nitrogens is 5. The van der Waals surface area contributed by atoms with Crippen LogP contribution in [0.5, 0.6) is 0 Å². The number of alkyl carbamates (subject to hydrolysis) is 1. The number of hydrogen-bond acceptors (Lipinski definition) is 6. The number of carbonyl (C=O) groups is 1. The number of nitrogens with zero attached hydrogens (tertiary/aromatic N) is 4. The normalized spacial score (nSPS) is 19.2. The van der Waals surface area contributed by atoms with E-state index >= 15 is 0 Å². The van der Waals surface area contributed by atoms with Gasteiger partial charge < -0.3 is 15.4 Å². The van der Waals surface area contributed by atoms with Gasteiger partial charge in [0.1, 0.15) is 11.6 Å². The Morgan fingerprint density at radius 1 is 1.29 bits per heavy atom. The molecule has 1 aliphatic carbocycles. The van der Waals surface area contributed by atoms with Crippen molar-refractivity contribution in [3.8, 4) is 0 Å². The Kier molecular flexibility index (Phi) is 5.60. The first kappa shape index (κ1) is 21.1. The molecule has 1 amide bonds. The fraction of sp³-hybridized carbons (Fsp3) is 0.545. The SMILES string of the molecule is CC(C)NC(=O)OC1CCC(c2cc(Nc3nccn4nc(C(C)(C)C)cc34)n[nH]2)C1. The van der Waals surface area contributed by atoms with Crippen LogP contribution in [0.25, 0.3) is 5.52 Å². The van der Waals surface area contributed by atoms with E-state index in [1.54, 1.807) is 6.20 Å². The summed E-state index contributed by atoms with van der Waals surface area (Å²) in [6.45, 7) is 10.3. The van der Waals surface area contributed by atoms with Crippen molar-refractivity contribution in [2.24, 2.45) is 0 Å². The van der Waals surface area contributed by atoms with Gasteiger partial charge in [-0.1, -0.05) is 20.8 Å². The minimum Gasteiger partial charge on any atom is -0.446 e. The number of hydrogen-bond donors (Lipinski definition) is 3. The zero-order valence-electron chi connectivity index (χ0n) is 18.8. The molecule has 166 valence electrons. The topological polar surface area (TPSA) is 109 Å². The molecule has 9 nitrogen and oxygen atoms in total. The second-order valence-corrected chi connectivity index (χ2v) is 9.56. The van der Waals surface area contributed by atoms with Crippen LogP contribution in [0.3, 0.4) is 0 Å². The van der Waals surface area contributed by atoms with Gasteiger partial charge in [0.05, 0.1) is 5.69 Å². The van der Waals surface area contributed by atoms with Gasteiger partial charge in [0.25, 0.3) is 0 Å². The van der Waals surface area contributed by atoms with Gasteiger partial charge in [-0.25, -0.2) is 14.3 Å². The Morgan fingerprint density at radius 2 is 2.10 bits per heavy atom. The molecule has 9 heteroatoms. The highest BCUT2D eigenvalue weighted by Crippen LogP contribution is 2.36. The van der Waals surface area contributed by atoms with Crippen LogP contribution in [0.2, 0.25) is 0 Å². The van der Waals surface area contributed by atoms with Crippen LogP contribution in [-0.4, -0.2) is 43.0 Å². The zero-order valence-corrected chi connectivity index (χ0v) is 18.8. The summed E-state index contributed by atoms with van der Waals surface area (Å²) in [5.74, 6) is 1.70. The van der Waals surface area contributed by atoms with Crippen LogP contribution in [0.4, 0.5) is 16.4 Å². The fourth-order valence-electron chi connectivity index (χ4n) is 3.87. The molecule has 0 radical (unpaired) electrons. The standard InChI is InChI=1S/C22H31N7O2/c1-13(2)24-21(30)31-15-7-6-14(10-15)16-11-19(27-26-16)25-20-17-12-18(22(3,4)5)28-29(17)9-8-23-20/h8-9,11-15H,6-7,10H2,1-5H3,(H,24,30)(H2,23,25,26,27). The molecule has 0 aliphatic heterocycles. The lowest BCUT2D eigenvalue weighted by Gasteiger charge is -2.14. The molecule has 0 aromatic carbocycles. The van der Waals surface area contributed by atoms with E-state index in [9.17, 15) is 4.79 Å². The van der Waals surface area contributed by atoms with Crippen LogP contribution in [0.1, 0.15) is 71.2 Å². The molecule has 0 bridgehead atoms. The number of rotatable bonds is 5. The van der Waals surface area contributed by atoms with Crippen molar-refractivity contribution in [3.05, 3.63) is 35.9 Å². The third-order valence-corrected chi connectivity index (χ3v) is 5.51. The lowest BCUT2D eigenvalue weighted by molar-refractivity contribution is 0.0981. The molecule has 1 saturated carbocycles. The van der Waals surface area contributed by atoms with Gasteiger partial charge in [-0.2, -0.15) is 10.2 Å². The highest BCUT2D eigenvalue weighted by atomic mass is 16.6. The van der Waals surface area contributed by atoms with Crippen molar-refractivity contribution in [2.45, 2.75) is 77.4 Å². The predicted molar refractivity (Wildman–Crippen MR) is 119 cm³/mol. The first-order valence-corrected chi connectivity index (χ1v) is 10.8. The fourth-order valence-corrected chi connectivity index (χ4v) is 3.87. The Hall–Kier alpha value is -3.10. The largest absolute Gasteiger partial charge is 0.446 e. The Labute approximate surface area is 182 Å². The summed E-state index contributed by atoms with van der Waals surface area (Å²) in [6, 6.07) is 4.14. The number of aromatic amines is 1. The van der Waals surface area contributed by atoms with Crippen molar-refractivity contribution in [1.82, 2.24) is 30.1 Å². The molecule has 4 rings (SSSR count). The van der Waals surface area contributed by atoms with Crippen LogP contribution in [-0.2, 0) is 10.2 Å². The van der Waals surface area contributed by atoms with E-state index < -0.39 is 0 Å². The van der Waals surface area contributed by atoms with Gasteiger partial charge in [0.15, 0.2) is 11.6 Å². The van der Waals surface area contributed by atoms with E-state index in [2.05, 4.69) is 57.8 Å². The molecule has 0 spiro atoms. The first-order valence-electron chi connectivity index (χ1n) is 10.8. The maximum atomic E-state index is 11.9.